The Morgan fingerprint density at radius 2 is 2.16 bits per heavy atom. The van der Waals surface area contributed by atoms with Crippen molar-refractivity contribution in [1.29, 1.82) is 0 Å². The van der Waals surface area contributed by atoms with Gasteiger partial charge in [-0.05, 0) is 35.3 Å². The molecule has 0 aromatic carbocycles. The van der Waals surface area contributed by atoms with Gasteiger partial charge in [0.05, 0.1) is 0 Å². The molecule has 19 heavy (non-hydrogen) atoms. The first kappa shape index (κ1) is 15.0. The molecule has 1 aromatic heterocycles. The predicted octanol–water partition coefficient (Wildman–Crippen LogP) is 2.31. The Kier molecular flexibility index (Phi) is 4.66. The van der Waals surface area contributed by atoms with Gasteiger partial charge in [-0.3, -0.25) is 0 Å². The molecule has 1 heterocycles. The number of nitrogens with two attached hydrogens (primary N) is 1. The second kappa shape index (κ2) is 5.91. The van der Waals surface area contributed by atoms with E-state index in [1.54, 1.807) is 6.07 Å². The van der Waals surface area contributed by atoms with Crippen molar-refractivity contribution in [2.45, 2.75) is 49.9 Å². The molecule has 3 unspecified atom stereocenters. The van der Waals surface area contributed by atoms with E-state index in [0.717, 1.165) is 18.4 Å². The number of hydrogen-bond donors (Lipinski definition) is 2. The molecule has 0 bridgehead atoms. The van der Waals surface area contributed by atoms with Gasteiger partial charge in [-0.2, -0.15) is 0 Å². The number of sulfonamides is 1. The summed E-state index contributed by atoms with van der Waals surface area (Å²) in [5, 5.41) is 1.81. The van der Waals surface area contributed by atoms with Gasteiger partial charge in [0.15, 0.2) is 0 Å². The minimum Gasteiger partial charge on any atom is -0.326 e. The van der Waals surface area contributed by atoms with Crippen LogP contribution in [-0.2, 0) is 16.6 Å². The van der Waals surface area contributed by atoms with Gasteiger partial charge >= 0.3 is 0 Å². The first-order chi connectivity index (χ1) is 8.94. The molecule has 1 saturated carbocycles. The topological polar surface area (TPSA) is 72.2 Å². The van der Waals surface area contributed by atoms with E-state index in [-0.39, 0.29) is 6.04 Å². The second-order valence-corrected chi connectivity index (χ2v) is 8.33. The molecule has 1 fully saturated rings. The Balaban J connectivity index is 2.12. The molecule has 6 heteroatoms. The number of hydrogen-bond acceptors (Lipinski definition) is 4. The van der Waals surface area contributed by atoms with Gasteiger partial charge in [-0.1, -0.05) is 26.7 Å². The molecule has 108 valence electrons. The summed E-state index contributed by atoms with van der Waals surface area (Å²) in [5.41, 5.74) is 6.39. The highest BCUT2D eigenvalue weighted by Gasteiger charge is 2.31. The third kappa shape index (κ3) is 3.37. The van der Waals surface area contributed by atoms with Crippen LogP contribution >= 0.6 is 11.3 Å². The van der Waals surface area contributed by atoms with Crippen molar-refractivity contribution in [3.05, 3.63) is 17.0 Å². The van der Waals surface area contributed by atoms with Crippen molar-refractivity contribution in [2.24, 2.45) is 17.6 Å². The lowest BCUT2D eigenvalue weighted by molar-refractivity contribution is 0.227. The summed E-state index contributed by atoms with van der Waals surface area (Å²) in [6.07, 6.45) is 3.22. The van der Waals surface area contributed by atoms with E-state index in [2.05, 4.69) is 18.6 Å². The molecule has 4 nitrogen and oxygen atoms in total. The summed E-state index contributed by atoms with van der Waals surface area (Å²) in [6.45, 7) is 4.71. The highest BCUT2D eigenvalue weighted by molar-refractivity contribution is 7.91. The molecule has 0 saturated heterocycles. The van der Waals surface area contributed by atoms with Crippen LogP contribution in [0.25, 0.3) is 0 Å². The van der Waals surface area contributed by atoms with Crippen LogP contribution in [0.3, 0.4) is 0 Å². The van der Waals surface area contributed by atoms with Crippen molar-refractivity contribution in [1.82, 2.24) is 4.72 Å². The van der Waals surface area contributed by atoms with Crippen molar-refractivity contribution >= 4 is 21.4 Å². The average molecular weight is 302 g/mol. The molecule has 3 N–H and O–H groups in total. The molecule has 1 aliphatic carbocycles. The van der Waals surface area contributed by atoms with Crippen LogP contribution in [0.1, 0.15) is 38.7 Å². The Morgan fingerprint density at radius 1 is 1.42 bits per heavy atom. The molecular formula is C13H22N2O2S2. The fraction of sp³-hybridized carbons (Fsp3) is 0.692. The quantitative estimate of drug-likeness (QED) is 0.896. The molecule has 0 spiro atoms. The summed E-state index contributed by atoms with van der Waals surface area (Å²) in [7, 11) is -3.39. The summed E-state index contributed by atoms with van der Waals surface area (Å²) in [4.78, 5) is 0. The Labute approximate surface area is 119 Å². The van der Waals surface area contributed by atoms with Crippen LogP contribution in [0.15, 0.2) is 15.7 Å². The lowest BCUT2D eigenvalue weighted by atomic mass is 9.78. The van der Waals surface area contributed by atoms with Crippen LogP contribution in [0.5, 0.6) is 0 Å². The Hall–Kier alpha value is -0.430. The minimum atomic E-state index is -3.39. The zero-order chi connectivity index (χ0) is 14.0. The highest BCUT2D eigenvalue weighted by Crippen LogP contribution is 2.31. The Bertz CT molecular complexity index is 525. The van der Waals surface area contributed by atoms with Gasteiger partial charge in [0.1, 0.15) is 4.21 Å². The van der Waals surface area contributed by atoms with Crippen LogP contribution < -0.4 is 10.5 Å². The van der Waals surface area contributed by atoms with E-state index in [1.807, 2.05) is 5.38 Å². The van der Waals surface area contributed by atoms with Crippen molar-refractivity contribution in [2.75, 3.05) is 0 Å². The minimum absolute atomic E-state index is 0.0529. The SMILES string of the molecule is CC1CCCC(NS(=O)(=O)c2cc(CN)cs2)C1C. The summed E-state index contributed by atoms with van der Waals surface area (Å²) in [6, 6.07) is 1.72. The maximum Gasteiger partial charge on any atom is 0.250 e. The first-order valence-electron chi connectivity index (χ1n) is 6.74. The van der Waals surface area contributed by atoms with E-state index in [4.69, 9.17) is 5.73 Å². The molecule has 0 aliphatic heterocycles. The number of thiophene rings is 1. The van der Waals surface area contributed by atoms with E-state index >= 15 is 0 Å². The lowest BCUT2D eigenvalue weighted by Crippen LogP contribution is -2.43. The molecule has 1 aromatic rings. The van der Waals surface area contributed by atoms with Crippen molar-refractivity contribution < 1.29 is 8.42 Å². The van der Waals surface area contributed by atoms with Crippen LogP contribution in [-0.4, -0.2) is 14.5 Å². The molecule has 3 atom stereocenters. The summed E-state index contributed by atoms with van der Waals surface area (Å²) < 4.78 is 27.9. The summed E-state index contributed by atoms with van der Waals surface area (Å²) >= 11 is 1.24. The normalized spacial score (nSPS) is 28.5. The van der Waals surface area contributed by atoms with Crippen LogP contribution in [0.4, 0.5) is 0 Å². The lowest BCUT2D eigenvalue weighted by Gasteiger charge is -2.34. The fourth-order valence-corrected chi connectivity index (χ4v) is 5.21. The number of rotatable bonds is 4. The average Bonchev–Trinajstić information content (AvgIpc) is 2.84. The van der Waals surface area contributed by atoms with Gasteiger partial charge in [-0.15, -0.1) is 11.3 Å². The highest BCUT2D eigenvalue weighted by atomic mass is 32.2. The van der Waals surface area contributed by atoms with Gasteiger partial charge in [0, 0.05) is 12.6 Å². The molecule has 1 aliphatic rings. The number of nitrogens with one attached hydrogen (secondary N) is 1. The smallest absolute Gasteiger partial charge is 0.250 e. The van der Waals surface area contributed by atoms with E-state index in [0.29, 0.717) is 22.6 Å². The van der Waals surface area contributed by atoms with Gasteiger partial charge in [0.25, 0.3) is 0 Å². The van der Waals surface area contributed by atoms with E-state index < -0.39 is 10.0 Å². The summed E-state index contributed by atoms with van der Waals surface area (Å²) in [5.74, 6) is 0.960. The van der Waals surface area contributed by atoms with Gasteiger partial charge in [-0.25, -0.2) is 13.1 Å². The monoisotopic (exact) mass is 302 g/mol. The predicted molar refractivity (Wildman–Crippen MR) is 78.5 cm³/mol. The van der Waals surface area contributed by atoms with E-state index in [1.165, 1.54) is 17.8 Å². The van der Waals surface area contributed by atoms with Gasteiger partial charge < -0.3 is 5.73 Å². The van der Waals surface area contributed by atoms with E-state index in [9.17, 15) is 8.42 Å². The largest absolute Gasteiger partial charge is 0.326 e. The standard InChI is InChI=1S/C13H22N2O2S2/c1-9-4-3-5-12(10(9)2)15-19(16,17)13-6-11(7-14)8-18-13/h6,8-10,12,15H,3-5,7,14H2,1-2H3. The second-order valence-electron chi connectivity index (χ2n) is 5.47. The maximum atomic E-state index is 12.3. The zero-order valence-corrected chi connectivity index (χ0v) is 13.1. The molecular weight excluding hydrogens is 280 g/mol. The first-order valence-corrected chi connectivity index (χ1v) is 9.10. The molecule has 0 radical (unpaired) electrons. The van der Waals surface area contributed by atoms with Crippen LogP contribution in [0.2, 0.25) is 0 Å². The zero-order valence-electron chi connectivity index (χ0n) is 11.4. The van der Waals surface area contributed by atoms with Crippen molar-refractivity contribution in [3.8, 4) is 0 Å². The Morgan fingerprint density at radius 3 is 2.79 bits per heavy atom. The van der Waals surface area contributed by atoms with Crippen LogP contribution in [0, 0.1) is 11.8 Å². The molecule has 2 rings (SSSR count). The maximum absolute atomic E-state index is 12.3. The van der Waals surface area contributed by atoms with Crippen molar-refractivity contribution in [3.63, 3.8) is 0 Å². The fourth-order valence-electron chi connectivity index (χ4n) is 2.61. The third-order valence-electron chi connectivity index (χ3n) is 4.14. The third-order valence-corrected chi connectivity index (χ3v) is 7.12. The molecule has 0 amide bonds. The van der Waals surface area contributed by atoms with Gasteiger partial charge in [0.2, 0.25) is 10.0 Å².